The molecule has 3 heterocycles. The fourth-order valence-corrected chi connectivity index (χ4v) is 2.91. The van der Waals surface area contributed by atoms with E-state index in [1.54, 1.807) is 6.20 Å². The Morgan fingerprint density at radius 1 is 1.44 bits per heavy atom. The second-order valence-corrected chi connectivity index (χ2v) is 5.24. The molecular formula is C14H21N3O. The van der Waals surface area contributed by atoms with Gasteiger partial charge in [0.25, 0.3) is 5.91 Å². The van der Waals surface area contributed by atoms with E-state index in [-0.39, 0.29) is 7.33 Å². The maximum atomic E-state index is 12.4. The van der Waals surface area contributed by atoms with Gasteiger partial charge in [-0.15, -0.1) is 0 Å². The van der Waals surface area contributed by atoms with Gasteiger partial charge < -0.3 is 10.2 Å². The number of amides is 1. The van der Waals surface area contributed by atoms with Crippen LogP contribution >= 0.6 is 0 Å². The van der Waals surface area contributed by atoms with Crippen LogP contribution in [-0.2, 0) is 6.42 Å². The van der Waals surface area contributed by atoms with E-state index in [4.69, 9.17) is 0 Å². The normalized spacial score (nSPS) is 26.4. The van der Waals surface area contributed by atoms with Crippen molar-refractivity contribution < 1.29 is 6.22 Å². The van der Waals surface area contributed by atoms with Crippen LogP contribution in [0.3, 0.4) is 0 Å². The molecule has 2 atom stereocenters. The number of pyridine rings is 1. The van der Waals surface area contributed by atoms with Crippen molar-refractivity contribution in [3.63, 3.8) is 0 Å². The number of aryl methyl sites for hydroxylation is 1. The third kappa shape index (κ3) is 2.12. The Hall–Kier alpha value is -1.42. The highest BCUT2D eigenvalue weighted by atomic mass is 16.2. The molecule has 4 heteroatoms. The zero-order chi connectivity index (χ0) is 12.5. The lowest BCUT2D eigenvalue weighted by Crippen LogP contribution is -2.53. The molecule has 98 valence electrons. The van der Waals surface area contributed by atoms with Gasteiger partial charge in [-0.05, 0) is 31.4 Å². The van der Waals surface area contributed by atoms with Crippen LogP contribution in [0.5, 0.6) is 0 Å². The van der Waals surface area contributed by atoms with Crippen LogP contribution in [0.15, 0.2) is 18.3 Å². The molecule has 1 N–H and O–H groups in total. The van der Waals surface area contributed by atoms with Crippen molar-refractivity contribution in [2.75, 3.05) is 13.1 Å². The average Bonchev–Trinajstić information content (AvgIpc) is 2.77. The second-order valence-electron chi connectivity index (χ2n) is 5.24. The number of rotatable bonds is 2. The van der Waals surface area contributed by atoms with E-state index in [1.165, 1.54) is 12.8 Å². The molecule has 0 aromatic carbocycles. The highest BCUT2D eigenvalue weighted by molar-refractivity contribution is 5.94. The molecule has 2 aliphatic heterocycles. The van der Waals surface area contributed by atoms with Gasteiger partial charge in [0.05, 0.1) is 5.56 Å². The van der Waals surface area contributed by atoms with Gasteiger partial charge in [0.2, 0.25) is 0 Å². The zero-order valence-corrected chi connectivity index (χ0v) is 10.7. The van der Waals surface area contributed by atoms with Gasteiger partial charge in [0.1, 0.15) is 0 Å². The number of nitrogens with zero attached hydrogens (tertiary/aromatic N) is 2. The lowest BCUT2D eigenvalue weighted by molar-refractivity contribution is 0.0697. The molecule has 4 nitrogen and oxygen atoms in total. The summed E-state index contributed by atoms with van der Waals surface area (Å²) in [6.07, 6.45) is 5.01. The third-order valence-electron chi connectivity index (χ3n) is 3.94. The van der Waals surface area contributed by atoms with Crippen molar-refractivity contribution in [3.8, 4) is 0 Å². The summed E-state index contributed by atoms with van der Waals surface area (Å²) in [5, 5.41) is 3.54. The summed E-state index contributed by atoms with van der Waals surface area (Å²) >= 11 is 0. The number of carbonyl (C=O) groups is 1. The summed E-state index contributed by atoms with van der Waals surface area (Å²) < 4.78 is 0. The van der Waals surface area contributed by atoms with Crippen molar-refractivity contribution >= 4 is 5.91 Å². The minimum absolute atomic E-state index is 0. The minimum atomic E-state index is 0. The summed E-state index contributed by atoms with van der Waals surface area (Å²) in [6, 6.07) is 4.84. The molecule has 0 spiro atoms. The van der Waals surface area contributed by atoms with Gasteiger partial charge in [0.15, 0.2) is 0 Å². The number of nitrogens with one attached hydrogen (secondary N) is 1. The lowest BCUT2D eigenvalue weighted by Gasteiger charge is -2.32. The van der Waals surface area contributed by atoms with Crippen LogP contribution in [0, 0.1) is 0 Å². The smallest absolute Gasteiger partial charge is 0.255 e. The standard InChI is InChI=1S/C14H19N3O.H2/c1-2-11-4-3-10(7-15-11)14(18)17-8-12-5-6-13(9-17)16-12;/h3-4,7,12-13,16H,2,5-6,8-9H2,1H3;1H. The van der Waals surface area contributed by atoms with E-state index in [2.05, 4.69) is 17.2 Å². The van der Waals surface area contributed by atoms with Gasteiger partial charge in [-0.1, -0.05) is 6.92 Å². The van der Waals surface area contributed by atoms with E-state index in [1.807, 2.05) is 17.0 Å². The quantitative estimate of drug-likeness (QED) is 0.860. The molecular weight excluding hydrogens is 226 g/mol. The molecule has 2 aliphatic rings. The van der Waals surface area contributed by atoms with Gasteiger partial charge in [-0.25, -0.2) is 0 Å². The minimum Gasteiger partial charge on any atom is -0.335 e. The first-order valence-electron chi connectivity index (χ1n) is 6.76. The first-order chi connectivity index (χ1) is 8.76. The van der Waals surface area contributed by atoms with Crippen LogP contribution in [0.2, 0.25) is 0 Å². The van der Waals surface area contributed by atoms with Gasteiger partial charge in [-0.3, -0.25) is 9.78 Å². The van der Waals surface area contributed by atoms with Crippen molar-refractivity contribution in [1.82, 2.24) is 15.2 Å². The van der Waals surface area contributed by atoms with E-state index < -0.39 is 0 Å². The van der Waals surface area contributed by atoms with Gasteiger partial charge in [0, 0.05) is 38.5 Å². The van der Waals surface area contributed by atoms with E-state index >= 15 is 0 Å². The van der Waals surface area contributed by atoms with Crippen molar-refractivity contribution in [1.29, 1.82) is 0 Å². The highest BCUT2D eigenvalue weighted by Crippen LogP contribution is 2.21. The summed E-state index contributed by atoms with van der Waals surface area (Å²) in [4.78, 5) is 18.7. The molecule has 1 aromatic rings. The van der Waals surface area contributed by atoms with Crippen LogP contribution in [0.4, 0.5) is 0 Å². The first kappa shape index (κ1) is 11.7. The number of likely N-dealkylation sites (tertiary alicyclic amines) is 1. The van der Waals surface area contributed by atoms with Crippen molar-refractivity contribution in [2.24, 2.45) is 0 Å². The Morgan fingerprint density at radius 2 is 2.17 bits per heavy atom. The van der Waals surface area contributed by atoms with Crippen LogP contribution < -0.4 is 5.32 Å². The summed E-state index contributed by atoms with van der Waals surface area (Å²) in [7, 11) is 0. The Balaban J connectivity index is 0.00000133. The Morgan fingerprint density at radius 3 is 2.72 bits per heavy atom. The Labute approximate surface area is 109 Å². The molecule has 1 amide bonds. The third-order valence-corrected chi connectivity index (χ3v) is 3.94. The SMILES string of the molecule is CCc1ccc(C(=O)N2CC3CCC(C2)N3)cn1.[HH]. The fourth-order valence-electron chi connectivity index (χ4n) is 2.91. The highest BCUT2D eigenvalue weighted by Gasteiger charge is 2.34. The summed E-state index contributed by atoms with van der Waals surface area (Å²) in [5.41, 5.74) is 1.75. The molecule has 2 bridgehead atoms. The number of piperazine rings is 1. The summed E-state index contributed by atoms with van der Waals surface area (Å²) in [6.45, 7) is 3.74. The molecule has 2 fully saturated rings. The van der Waals surface area contributed by atoms with Crippen LogP contribution in [-0.4, -0.2) is 41.0 Å². The van der Waals surface area contributed by atoms with Crippen LogP contribution in [0.1, 0.15) is 37.2 Å². The molecule has 18 heavy (non-hydrogen) atoms. The number of hydrogen-bond acceptors (Lipinski definition) is 3. The number of fused-ring (bicyclic) bond motifs is 2. The molecule has 3 rings (SSSR count). The Kier molecular flexibility index (Phi) is 3.04. The molecule has 2 saturated heterocycles. The fraction of sp³-hybridized carbons (Fsp3) is 0.571. The van der Waals surface area contributed by atoms with Crippen molar-refractivity contribution in [3.05, 3.63) is 29.6 Å². The van der Waals surface area contributed by atoms with Crippen molar-refractivity contribution in [2.45, 2.75) is 38.3 Å². The van der Waals surface area contributed by atoms with E-state index in [0.717, 1.165) is 25.2 Å². The van der Waals surface area contributed by atoms with E-state index in [9.17, 15) is 4.79 Å². The van der Waals surface area contributed by atoms with Gasteiger partial charge in [-0.2, -0.15) is 0 Å². The molecule has 0 saturated carbocycles. The maximum absolute atomic E-state index is 12.4. The van der Waals surface area contributed by atoms with Crippen LogP contribution in [0.25, 0.3) is 0 Å². The molecule has 0 aliphatic carbocycles. The zero-order valence-electron chi connectivity index (χ0n) is 10.7. The largest absolute Gasteiger partial charge is 0.335 e. The summed E-state index contributed by atoms with van der Waals surface area (Å²) in [5.74, 6) is 0.128. The molecule has 0 radical (unpaired) electrons. The van der Waals surface area contributed by atoms with E-state index in [0.29, 0.717) is 17.6 Å². The molecule has 2 unspecified atom stereocenters. The predicted octanol–water partition coefficient (Wildman–Crippen LogP) is 1.47. The maximum Gasteiger partial charge on any atom is 0.255 e. The number of carbonyl (C=O) groups excluding carboxylic acids is 1. The van der Waals surface area contributed by atoms with Gasteiger partial charge >= 0.3 is 0 Å². The Bertz CT molecular complexity index is 437. The number of hydrogen-bond donors (Lipinski definition) is 1. The predicted molar refractivity (Wildman–Crippen MR) is 71.6 cm³/mol. The molecule has 1 aromatic heterocycles. The monoisotopic (exact) mass is 247 g/mol. The number of aromatic nitrogens is 1. The first-order valence-corrected chi connectivity index (χ1v) is 6.76. The lowest BCUT2D eigenvalue weighted by atomic mass is 10.1. The topological polar surface area (TPSA) is 45.2 Å². The second kappa shape index (κ2) is 4.69. The average molecular weight is 247 g/mol.